The summed E-state index contributed by atoms with van der Waals surface area (Å²) in [5.41, 5.74) is -1.01. The van der Waals surface area contributed by atoms with E-state index in [-0.39, 0.29) is 17.0 Å². The van der Waals surface area contributed by atoms with Crippen LogP contribution in [0.3, 0.4) is 0 Å². The lowest BCUT2D eigenvalue weighted by molar-refractivity contribution is -0.138. The van der Waals surface area contributed by atoms with Gasteiger partial charge >= 0.3 is 6.18 Å². The second kappa shape index (κ2) is 7.86. The molecule has 2 aromatic carbocycles. The fourth-order valence-electron chi connectivity index (χ4n) is 2.53. The van der Waals surface area contributed by atoms with Crippen LogP contribution >= 0.6 is 0 Å². The molecule has 1 N–H and O–H groups in total. The summed E-state index contributed by atoms with van der Waals surface area (Å²) in [6.45, 7) is 1.46. The number of hydrogen-bond donors (Lipinski definition) is 1. The number of pyridine rings is 1. The smallest absolute Gasteiger partial charge is 0.421 e. The Labute approximate surface area is 162 Å². The van der Waals surface area contributed by atoms with Gasteiger partial charge in [0.05, 0.1) is 5.56 Å². The van der Waals surface area contributed by atoms with Crippen molar-refractivity contribution in [3.05, 3.63) is 83.1 Å². The van der Waals surface area contributed by atoms with Gasteiger partial charge in [-0.25, -0.2) is 13.8 Å². The van der Waals surface area contributed by atoms with E-state index >= 15 is 0 Å². The molecule has 0 aliphatic heterocycles. The molecule has 0 spiro atoms. The van der Waals surface area contributed by atoms with Gasteiger partial charge < -0.3 is 10.1 Å². The number of benzene rings is 2. The van der Waals surface area contributed by atoms with Crippen LogP contribution in [0.15, 0.2) is 54.7 Å². The molecule has 0 fully saturated rings. The van der Waals surface area contributed by atoms with Crippen LogP contribution in [0.5, 0.6) is 11.6 Å². The van der Waals surface area contributed by atoms with Gasteiger partial charge in [0.2, 0.25) is 5.88 Å². The largest absolute Gasteiger partial charge is 0.438 e. The third-order valence-corrected chi connectivity index (χ3v) is 3.93. The number of anilines is 1. The first-order valence-corrected chi connectivity index (χ1v) is 8.23. The maximum absolute atomic E-state index is 13.9. The van der Waals surface area contributed by atoms with Gasteiger partial charge in [-0.3, -0.25) is 4.79 Å². The molecule has 0 aliphatic carbocycles. The van der Waals surface area contributed by atoms with Gasteiger partial charge in [0, 0.05) is 11.9 Å². The third-order valence-electron chi connectivity index (χ3n) is 3.93. The van der Waals surface area contributed by atoms with Crippen molar-refractivity contribution in [2.45, 2.75) is 13.1 Å². The Bertz CT molecular complexity index is 1050. The van der Waals surface area contributed by atoms with Gasteiger partial charge in [-0.1, -0.05) is 6.07 Å². The number of amides is 1. The summed E-state index contributed by atoms with van der Waals surface area (Å²) < 4.78 is 71.4. The topological polar surface area (TPSA) is 51.2 Å². The van der Waals surface area contributed by atoms with E-state index < -0.39 is 40.7 Å². The summed E-state index contributed by atoms with van der Waals surface area (Å²) in [7, 11) is 0. The first kappa shape index (κ1) is 20.2. The van der Waals surface area contributed by atoms with E-state index in [0.717, 1.165) is 24.4 Å². The molecule has 3 rings (SSSR count). The number of carbonyl (C=O) groups excluding carboxylic acids is 1. The SMILES string of the molecule is Cc1ccc(F)c(F)c1C(=O)Nc1ccc(Oc2ncccc2C(F)(F)F)cc1. The number of nitrogens with zero attached hydrogens (tertiary/aromatic N) is 1. The highest BCUT2D eigenvalue weighted by atomic mass is 19.4. The van der Waals surface area contributed by atoms with E-state index in [1.54, 1.807) is 0 Å². The van der Waals surface area contributed by atoms with E-state index in [4.69, 9.17) is 4.74 Å². The average molecular weight is 408 g/mol. The summed E-state index contributed by atoms with van der Waals surface area (Å²) >= 11 is 0. The monoisotopic (exact) mass is 408 g/mol. The highest BCUT2D eigenvalue weighted by molar-refractivity contribution is 6.05. The lowest BCUT2D eigenvalue weighted by Gasteiger charge is -2.13. The molecule has 150 valence electrons. The number of nitrogens with one attached hydrogen (secondary N) is 1. The lowest BCUT2D eigenvalue weighted by Crippen LogP contribution is -2.16. The van der Waals surface area contributed by atoms with Crippen LogP contribution in [0, 0.1) is 18.6 Å². The van der Waals surface area contributed by atoms with Gasteiger partial charge in [-0.05, 0) is 55.0 Å². The zero-order chi connectivity index (χ0) is 21.2. The number of aryl methyl sites for hydroxylation is 1. The molecule has 3 aromatic rings. The number of alkyl halides is 3. The highest BCUT2D eigenvalue weighted by Crippen LogP contribution is 2.36. The fraction of sp³-hybridized carbons (Fsp3) is 0.100. The van der Waals surface area contributed by atoms with Crippen molar-refractivity contribution >= 4 is 11.6 Å². The molecule has 0 aliphatic rings. The number of aromatic nitrogens is 1. The zero-order valence-electron chi connectivity index (χ0n) is 14.8. The zero-order valence-corrected chi connectivity index (χ0v) is 14.8. The molecule has 0 saturated carbocycles. The van der Waals surface area contributed by atoms with Crippen LogP contribution < -0.4 is 10.1 Å². The van der Waals surface area contributed by atoms with E-state index in [1.165, 1.54) is 37.3 Å². The van der Waals surface area contributed by atoms with Gasteiger partial charge in [0.15, 0.2) is 11.6 Å². The van der Waals surface area contributed by atoms with Gasteiger partial charge in [-0.15, -0.1) is 0 Å². The third kappa shape index (κ3) is 4.50. The summed E-state index contributed by atoms with van der Waals surface area (Å²) in [6, 6.07) is 9.47. The number of halogens is 5. The van der Waals surface area contributed by atoms with Crippen molar-refractivity contribution in [2.75, 3.05) is 5.32 Å². The van der Waals surface area contributed by atoms with Crippen LogP contribution in [0.25, 0.3) is 0 Å². The number of ether oxygens (including phenoxy) is 1. The minimum Gasteiger partial charge on any atom is -0.438 e. The molecule has 4 nitrogen and oxygen atoms in total. The highest BCUT2D eigenvalue weighted by Gasteiger charge is 2.35. The van der Waals surface area contributed by atoms with Gasteiger partial charge in [-0.2, -0.15) is 13.2 Å². The lowest BCUT2D eigenvalue weighted by atomic mass is 10.1. The first-order valence-electron chi connectivity index (χ1n) is 8.23. The van der Waals surface area contributed by atoms with Crippen LogP contribution in [0.1, 0.15) is 21.5 Å². The second-order valence-corrected chi connectivity index (χ2v) is 5.99. The van der Waals surface area contributed by atoms with E-state index in [0.29, 0.717) is 0 Å². The Kier molecular flexibility index (Phi) is 5.49. The van der Waals surface area contributed by atoms with Crippen LogP contribution in [0.2, 0.25) is 0 Å². The predicted octanol–water partition coefficient (Wildman–Crippen LogP) is 5.73. The normalized spacial score (nSPS) is 11.2. The number of carbonyl (C=O) groups is 1. The Morgan fingerprint density at radius 2 is 1.72 bits per heavy atom. The van der Waals surface area contributed by atoms with E-state index in [1.807, 2.05) is 0 Å². The Balaban J connectivity index is 1.77. The second-order valence-electron chi connectivity index (χ2n) is 5.99. The molecule has 0 saturated heterocycles. The van der Waals surface area contributed by atoms with Crippen molar-refractivity contribution in [2.24, 2.45) is 0 Å². The maximum atomic E-state index is 13.9. The number of rotatable bonds is 4. The molecule has 9 heteroatoms. The minimum absolute atomic E-state index is 0.0420. The van der Waals surface area contributed by atoms with Crippen molar-refractivity contribution < 1.29 is 31.5 Å². The van der Waals surface area contributed by atoms with Gasteiger partial charge in [0.1, 0.15) is 11.3 Å². The molecule has 1 aromatic heterocycles. The Hall–Kier alpha value is -3.49. The van der Waals surface area contributed by atoms with E-state index in [9.17, 15) is 26.7 Å². The first-order chi connectivity index (χ1) is 13.7. The van der Waals surface area contributed by atoms with Crippen molar-refractivity contribution in [3.8, 4) is 11.6 Å². The van der Waals surface area contributed by atoms with E-state index in [2.05, 4.69) is 10.3 Å². The molecule has 1 heterocycles. The molecule has 0 bridgehead atoms. The molecular weight excluding hydrogens is 395 g/mol. The average Bonchev–Trinajstić information content (AvgIpc) is 2.66. The van der Waals surface area contributed by atoms with Gasteiger partial charge in [0.25, 0.3) is 5.91 Å². The van der Waals surface area contributed by atoms with Crippen LogP contribution in [0.4, 0.5) is 27.6 Å². The summed E-state index contributed by atoms with van der Waals surface area (Å²) in [5.74, 6) is -3.86. The molecular formula is C20H13F5N2O2. The van der Waals surface area contributed by atoms with Crippen molar-refractivity contribution in [1.29, 1.82) is 0 Å². The Morgan fingerprint density at radius 3 is 2.38 bits per heavy atom. The summed E-state index contributed by atoms with van der Waals surface area (Å²) in [4.78, 5) is 15.8. The summed E-state index contributed by atoms with van der Waals surface area (Å²) in [6.07, 6.45) is -3.47. The Morgan fingerprint density at radius 1 is 1.03 bits per heavy atom. The van der Waals surface area contributed by atoms with Crippen molar-refractivity contribution in [3.63, 3.8) is 0 Å². The quantitative estimate of drug-likeness (QED) is 0.561. The number of hydrogen-bond acceptors (Lipinski definition) is 3. The fourth-order valence-corrected chi connectivity index (χ4v) is 2.53. The molecule has 0 atom stereocenters. The van der Waals surface area contributed by atoms with Crippen molar-refractivity contribution in [1.82, 2.24) is 4.98 Å². The molecule has 1 amide bonds. The van der Waals surface area contributed by atoms with Crippen LogP contribution in [-0.2, 0) is 6.18 Å². The molecule has 29 heavy (non-hydrogen) atoms. The minimum atomic E-state index is -4.63. The maximum Gasteiger partial charge on any atom is 0.421 e. The summed E-state index contributed by atoms with van der Waals surface area (Å²) in [5, 5.41) is 2.40. The molecule has 0 radical (unpaired) electrons. The predicted molar refractivity (Wildman–Crippen MR) is 94.8 cm³/mol. The molecule has 0 unspecified atom stereocenters. The van der Waals surface area contributed by atoms with Crippen LogP contribution in [-0.4, -0.2) is 10.9 Å². The standard InChI is InChI=1S/C20H13F5N2O2/c1-11-4-9-15(21)17(22)16(11)18(28)27-12-5-7-13(8-6-12)29-19-14(20(23,24)25)3-2-10-26-19/h2-10H,1H3,(H,27,28).